The van der Waals surface area contributed by atoms with Crippen molar-refractivity contribution in [2.75, 3.05) is 14.2 Å². The molecule has 0 amide bonds. The Hall–Kier alpha value is -3.79. The lowest BCUT2D eigenvalue weighted by Crippen LogP contribution is -2.23. The Morgan fingerprint density at radius 2 is 1.35 bits per heavy atom. The van der Waals surface area contributed by atoms with Crippen LogP contribution in [0.2, 0.25) is 0 Å². The van der Waals surface area contributed by atoms with Gasteiger partial charge in [-0.15, -0.1) is 0 Å². The summed E-state index contributed by atoms with van der Waals surface area (Å²) >= 11 is 0. The van der Waals surface area contributed by atoms with Crippen LogP contribution in [0.4, 0.5) is 0 Å². The molecule has 0 aliphatic rings. The molecule has 0 saturated carbocycles. The smallest absolute Gasteiger partial charge is 0.259 e. The van der Waals surface area contributed by atoms with Crippen molar-refractivity contribution in [1.29, 1.82) is 0 Å². The fourth-order valence-corrected chi connectivity index (χ4v) is 3.85. The molecule has 3 aromatic carbocycles. The molecular weight excluding hydrogens is 386 g/mol. The van der Waals surface area contributed by atoms with Crippen molar-refractivity contribution >= 4 is 0 Å². The van der Waals surface area contributed by atoms with Crippen molar-refractivity contribution in [1.82, 2.24) is 4.57 Å². The quantitative estimate of drug-likeness (QED) is 0.431. The Kier molecular flexibility index (Phi) is 5.89. The second-order valence-corrected chi connectivity index (χ2v) is 7.39. The van der Waals surface area contributed by atoms with Crippen molar-refractivity contribution < 1.29 is 9.47 Å². The fourth-order valence-electron chi connectivity index (χ4n) is 3.85. The lowest BCUT2D eigenvalue weighted by Gasteiger charge is -2.17. The molecule has 156 valence electrons. The predicted octanol–water partition coefficient (Wildman–Crippen LogP) is 5.33. The molecule has 0 bridgehead atoms. The molecule has 0 aliphatic heterocycles. The number of nitrogens with zero attached hydrogens (tertiary/aromatic N) is 1. The molecule has 4 heteroatoms. The standard InChI is InChI=1S/C27H25NO3/c1-28-22(16-19-14-15-24(30-2)25(17-19)31-3)18-23(20-10-6-4-7-11-20)26(27(28)29)21-12-8-5-9-13-21/h4-15,17-18H,16H2,1-3H3. The van der Waals surface area contributed by atoms with Gasteiger partial charge in [0.15, 0.2) is 11.5 Å². The molecule has 0 spiro atoms. The van der Waals surface area contributed by atoms with E-state index < -0.39 is 0 Å². The predicted molar refractivity (Wildman–Crippen MR) is 125 cm³/mol. The van der Waals surface area contributed by atoms with Crippen LogP contribution in [0, 0.1) is 0 Å². The van der Waals surface area contributed by atoms with E-state index in [0.717, 1.165) is 27.9 Å². The lowest BCUT2D eigenvalue weighted by molar-refractivity contribution is 0.354. The molecule has 0 N–H and O–H groups in total. The van der Waals surface area contributed by atoms with Gasteiger partial charge < -0.3 is 14.0 Å². The van der Waals surface area contributed by atoms with Gasteiger partial charge in [0, 0.05) is 19.2 Å². The molecule has 0 radical (unpaired) electrons. The average Bonchev–Trinajstić information content (AvgIpc) is 2.83. The molecular formula is C27H25NO3. The third-order valence-corrected chi connectivity index (χ3v) is 5.51. The highest BCUT2D eigenvalue weighted by Gasteiger charge is 2.17. The van der Waals surface area contributed by atoms with Crippen molar-refractivity contribution in [3.05, 3.63) is 107 Å². The normalized spacial score (nSPS) is 10.7. The van der Waals surface area contributed by atoms with Crippen molar-refractivity contribution in [3.8, 4) is 33.8 Å². The molecule has 4 nitrogen and oxygen atoms in total. The molecule has 1 heterocycles. The topological polar surface area (TPSA) is 40.5 Å². The third kappa shape index (κ3) is 4.10. The maximum Gasteiger partial charge on any atom is 0.259 e. The summed E-state index contributed by atoms with van der Waals surface area (Å²) in [5.74, 6) is 1.36. The summed E-state index contributed by atoms with van der Waals surface area (Å²) in [7, 11) is 5.08. The highest BCUT2D eigenvalue weighted by molar-refractivity contribution is 5.83. The number of aromatic nitrogens is 1. The van der Waals surface area contributed by atoms with Gasteiger partial charge in [0.1, 0.15) is 0 Å². The number of rotatable bonds is 6. The minimum Gasteiger partial charge on any atom is -0.493 e. The van der Waals surface area contributed by atoms with E-state index in [9.17, 15) is 4.79 Å². The van der Waals surface area contributed by atoms with Gasteiger partial charge in [0.25, 0.3) is 5.56 Å². The van der Waals surface area contributed by atoms with Gasteiger partial charge in [-0.05, 0) is 40.5 Å². The van der Waals surface area contributed by atoms with E-state index in [1.54, 1.807) is 18.8 Å². The molecule has 1 aromatic heterocycles. The number of methoxy groups -OCH3 is 2. The van der Waals surface area contributed by atoms with Crippen molar-refractivity contribution in [2.24, 2.45) is 7.05 Å². The first-order valence-corrected chi connectivity index (χ1v) is 10.2. The minimum atomic E-state index is -0.0111. The van der Waals surface area contributed by atoms with Crippen LogP contribution in [0.1, 0.15) is 11.3 Å². The van der Waals surface area contributed by atoms with Gasteiger partial charge >= 0.3 is 0 Å². The van der Waals surface area contributed by atoms with Crippen molar-refractivity contribution in [2.45, 2.75) is 6.42 Å². The van der Waals surface area contributed by atoms with E-state index in [2.05, 4.69) is 6.07 Å². The Labute approximate surface area is 182 Å². The molecule has 4 rings (SSSR count). The summed E-state index contributed by atoms with van der Waals surface area (Å²) < 4.78 is 12.5. The fraction of sp³-hybridized carbons (Fsp3) is 0.148. The van der Waals surface area contributed by atoms with Crippen molar-refractivity contribution in [3.63, 3.8) is 0 Å². The number of ether oxygens (including phenoxy) is 2. The summed E-state index contributed by atoms with van der Waals surface area (Å²) in [5.41, 5.74) is 5.54. The zero-order valence-corrected chi connectivity index (χ0v) is 18.0. The summed E-state index contributed by atoms with van der Waals surface area (Å²) in [6.07, 6.45) is 0.598. The number of benzene rings is 3. The van der Waals surface area contributed by atoms with Gasteiger partial charge in [-0.2, -0.15) is 0 Å². The number of hydrogen-bond acceptors (Lipinski definition) is 3. The van der Waals surface area contributed by atoms with Gasteiger partial charge in [-0.25, -0.2) is 0 Å². The van der Waals surface area contributed by atoms with Crippen LogP contribution in [0.5, 0.6) is 11.5 Å². The monoisotopic (exact) mass is 411 g/mol. The lowest BCUT2D eigenvalue weighted by atomic mass is 9.94. The number of hydrogen-bond donors (Lipinski definition) is 0. The first kappa shape index (κ1) is 20.5. The third-order valence-electron chi connectivity index (χ3n) is 5.51. The Morgan fingerprint density at radius 1 is 0.742 bits per heavy atom. The second kappa shape index (κ2) is 8.92. The first-order chi connectivity index (χ1) is 15.1. The Morgan fingerprint density at radius 3 is 1.97 bits per heavy atom. The molecule has 0 unspecified atom stereocenters. The first-order valence-electron chi connectivity index (χ1n) is 10.2. The molecule has 31 heavy (non-hydrogen) atoms. The van der Waals surface area contributed by atoms with Crippen LogP contribution in [-0.2, 0) is 13.5 Å². The maximum atomic E-state index is 13.5. The van der Waals surface area contributed by atoms with Crippen LogP contribution in [-0.4, -0.2) is 18.8 Å². The highest BCUT2D eigenvalue weighted by Crippen LogP contribution is 2.32. The van der Waals surface area contributed by atoms with E-state index in [1.807, 2.05) is 85.9 Å². The minimum absolute atomic E-state index is 0.0111. The van der Waals surface area contributed by atoms with Gasteiger partial charge in [-0.3, -0.25) is 4.79 Å². The SMILES string of the molecule is COc1ccc(Cc2cc(-c3ccccc3)c(-c3ccccc3)c(=O)n2C)cc1OC. The summed E-state index contributed by atoms with van der Waals surface area (Å²) in [5, 5.41) is 0. The molecule has 0 fully saturated rings. The summed E-state index contributed by atoms with van der Waals surface area (Å²) in [6.45, 7) is 0. The largest absolute Gasteiger partial charge is 0.493 e. The van der Waals surface area contributed by atoms with E-state index in [1.165, 1.54) is 0 Å². The highest BCUT2D eigenvalue weighted by atomic mass is 16.5. The maximum absolute atomic E-state index is 13.5. The molecule has 0 aliphatic carbocycles. The second-order valence-electron chi connectivity index (χ2n) is 7.39. The number of pyridine rings is 1. The molecule has 0 saturated heterocycles. The van der Waals surface area contributed by atoms with E-state index >= 15 is 0 Å². The van der Waals surface area contributed by atoms with E-state index in [-0.39, 0.29) is 5.56 Å². The molecule has 0 atom stereocenters. The zero-order valence-electron chi connectivity index (χ0n) is 18.0. The average molecular weight is 412 g/mol. The van der Waals surface area contributed by atoms with Crippen LogP contribution in [0.3, 0.4) is 0 Å². The van der Waals surface area contributed by atoms with Gasteiger partial charge in [0.2, 0.25) is 0 Å². The van der Waals surface area contributed by atoms with E-state index in [4.69, 9.17) is 9.47 Å². The Balaban J connectivity index is 1.87. The Bertz CT molecular complexity index is 1240. The summed E-state index contributed by atoms with van der Waals surface area (Å²) in [6, 6.07) is 27.9. The summed E-state index contributed by atoms with van der Waals surface area (Å²) in [4.78, 5) is 13.5. The van der Waals surface area contributed by atoms with E-state index in [0.29, 0.717) is 23.5 Å². The van der Waals surface area contributed by atoms with Gasteiger partial charge in [0.05, 0.1) is 19.8 Å². The van der Waals surface area contributed by atoms with Gasteiger partial charge in [-0.1, -0.05) is 66.7 Å². The van der Waals surface area contributed by atoms with Crippen LogP contribution in [0.25, 0.3) is 22.3 Å². The zero-order chi connectivity index (χ0) is 21.8. The van der Waals surface area contributed by atoms with Crippen LogP contribution in [0.15, 0.2) is 89.7 Å². The molecule has 4 aromatic rings. The van der Waals surface area contributed by atoms with Crippen LogP contribution >= 0.6 is 0 Å². The van der Waals surface area contributed by atoms with Crippen LogP contribution < -0.4 is 15.0 Å².